The van der Waals surface area contributed by atoms with Gasteiger partial charge in [0.25, 0.3) is 5.56 Å². The zero-order valence-electron chi connectivity index (χ0n) is 15.5. The van der Waals surface area contributed by atoms with Crippen molar-refractivity contribution in [2.75, 3.05) is 0 Å². The summed E-state index contributed by atoms with van der Waals surface area (Å²) in [5, 5.41) is 4.20. The van der Waals surface area contributed by atoms with Crippen LogP contribution in [-0.2, 0) is 14.8 Å². The minimum Gasteiger partial charge on any atom is -0.370 e. The molecule has 0 aliphatic heterocycles. The van der Waals surface area contributed by atoms with E-state index in [9.17, 15) is 18.0 Å². The van der Waals surface area contributed by atoms with Gasteiger partial charge in [-0.05, 0) is 40.2 Å². The minimum absolute atomic E-state index is 0.0197. The molecule has 0 radical (unpaired) electrons. The number of nitrogens with one attached hydrogen (secondary N) is 3. The molecule has 0 amide bonds. The molecular formula is C16H23N5O5S. The summed E-state index contributed by atoms with van der Waals surface area (Å²) in [6, 6.07) is 0.888. The molecule has 0 saturated heterocycles. The summed E-state index contributed by atoms with van der Waals surface area (Å²) >= 11 is 0. The van der Waals surface area contributed by atoms with E-state index in [1.807, 2.05) is 25.8 Å². The van der Waals surface area contributed by atoms with E-state index in [1.165, 1.54) is 6.92 Å². The van der Waals surface area contributed by atoms with Crippen LogP contribution < -0.4 is 16.0 Å². The molecule has 2 heterocycles. The van der Waals surface area contributed by atoms with Crippen LogP contribution in [0.15, 0.2) is 32.9 Å². The number of aryl methyl sites for hydroxylation is 1. The highest BCUT2D eigenvalue weighted by Crippen LogP contribution is 2.38. The molecule has 10 nitrogen and oxygen atoms in total. The molecule has 1 aliphatic carbocycles. The molecule has 1 fully saturated rings. The highest BCUT2D eigenvalue weighted by Gasteiger charge is 2.47. The Morgan fingerprint density at radius 3 is 2.56 bits per heavy atom. The van der Waals surface area contributed by atoms with E-state index in [0.29, 0.717) is 6.42 Å². The van der Waals surface area contributed by atoms with E-state index in [2.05, 4.69) is 14.8 Å². The summed E-state index contributed by atoms with van der Waals surface area (Å²) in [7, 11) is -4.15. The third-order valence-corrected chi connectivity index (χ3v) is 5.91. The first-order chi connectivity index (χ1) is 12.5. The van der Waals surface area contributed by atoms with Crippen molar-refractivity contribution in [2.45, 2.75) is 62.8 Å². The predicted octanol–water partition coefficient (Wildman–Crippen LogP) is 0.0437. The summed E-state index contributed by atoms with van der Waals surface area (Å²) in [5.41, 5.74) is -2.13. The van der Waals surface area contributed by atoms with Gasteiger partial charge in [-0.1, -0.05) is 0 Å². The molecule has 3 unspecified atom stereocenters. The van der Waals surface area contributed by atoms with Crippen molar-refractivity contribution < 1.29 is 13.2 Å². The van der Waals surface area contributed by atoms with Crippen molar-refractivity contribution in [1.82, 2.24) is 24.5 Å². The molecule has 3 atom stereocenters. The number of sulfonamides is 1. The Bertz CT molecular complexity index is 1030. The second-order valence-corrected chi connectivity index (χ2v) is 9.22. The number of hydrogen-bond acceptors (Lipinski definition) is 6. The monoisotopic (exact) mass is 397 g/mol. The van der Waals surface area contributed by atoms with Gasteiger partial charge in [0.05, 0.1) is 17.7 Å². The lowest BCUT2D eigenvalue weighted by atomic mass is 9.83. The fraction of sp³-hybridized carbons (Fsp3) is 0.562. The highest BCUT2D eigenvalue weighted by molar-refractivity contribution is 7.89. The van der Waals surface area contributed by atoms with E-state index in [0.717, 1.165) is 0 Å². The highest BCUT2D eigenvalue weighted by atomic mass is 32.2. The zero-order valence-corrected chi connectivity index (χ0v) is 16.3. The van der Waals surface area contributed by atoms with Gasteiger partial charge in [0.1, 0.15) is 0 Å². The summed E-state index contributed by atoms with van der Waals surface area (Å²) in [6.07, 6.45) is 3.55. The summed E-state index contributed by atoms with van der Waals surface area (Å²) in [6.45, 7) is 7.14. The van der Waals surface area contributed by atoms with Gasteiger partial charge in [0.2, 0.25) is 10.0 Å². The molecule has 2 aromatic rings. The van der Waals surface area contributed by atoms with Gasteiger partial charge < -0.3 is 9.72 Å². The summed E-state index contributed by atoms with van der Waals surface area (Å²) in [4.78, 5) is 27.1. The largest absolute Gasteiger partial charge is 0.370 e. The van der Waals surface area contributed by atoms with Crippen LogP contribution in [0.5, 0.6) is 0 Å². The van der Waals surface area contributed by atoms with E-state index in [-0.39, 0.29) is 17.8 Å². The summed E-state index contributed by atoms with van der Waals surface area (Å²) < 4.78 is 35.8. The fourth-order valence-electron chi connectivity index (χ4n) is 3.26. The average Bonchev–Trinajstić information content (AvgIpc) is 2.96. The number of aromatic nitrogens is 4. The van der Waals surface area contributed by atoms with Gasteiger partial charge in [0, 0.05) is 24.1 Å². The topological polar surface area (TPSA) is 139 Å². The van der Waals surface area contributed by atoms with Crippen LogP contribution in [0.25, 0.3) is 0 Å². The molecule has 11 heteroatoms. The zero-order chi connectivity index (χ0) is 20.0. The second kappa shape index (κ2) is 6.73. The van der Waals surface area contributed by atoms with Crippen LogP contribution in [0.1, 0.15) is 38.9 Å². The number of hydrogen-bond donors (Lipinski definition) is 3. The molecule has 1 aliphatic rings. The molecule has 3 N–H and O–H groups in total. The maximum atomic E-state index is 12.8. The maximum absolute atomic E-state index is 12.8. The quantitative estimate of drug-likeness (QED) is 0.651. The lowest BCUT2D eigenvalue weighted by Crippen LogP contribution is -2.58. The molecule has 0 spiro atoms. The van der Waals surface area contributed by atoms with Gasteiger partial charge in [-0.25, -0.2) is 17.9 Å². The molecule has 2 aromatic heterocycles. The Hall–Kier alpha value is -2.24. The molecule has 148 valence electrons. The number of H-pyrrole nitrogens is 2. The third-order valence-electron chi connectivity index (χ3n) is 4.26. The maximum Gasteiger partial charge on any atom is 0.325 e. The van der Waals surface area contributed by atoms with Gasteiger partial charge >= 0.3 is 5.69 Å². The molecule has 3 rings (SSSR count). The average molecular weight is 397 g/mol. The number of rotatable bonds is 5. The Balaban J connectivity index is 1.88. The van der Waals surface area contributed by atoms with Crippen LogP contribution in [0.4, 0.5) is 0 Å². The van der Waals surface area contributed by atoms with E-state index >= 15 is 0 Å². The van der Waals surface area contributed by atoms with Gasteiger partial charge in [-0.15, -0.1) is 0 Å². The first-order valence-electron chi connectivity index (χ1n) is 8.50. The first kappa shape index (κ1) is 19.5. The van der Waals surface area contributed by atoms with Crippen molar-refractivity contribution in [1.29, 1.82) is 0 Å². The molecule has 1 saturated carbocycles. The van der Waals surface area contributed by atoms with E-state index in [4.69, 9.17) is 4.74 Å². The number of nitrogens with zero attached hydrogens (tertiary/aromatic N) is 2. The lowest BCUT2D eigenvalue weighted by Gasteiger charge is -2.46. The van der Waals surface area contributed by atoms with Crippen molar-refractivity contribution in [3.63, 3.8) is 0 Å². The number of ether oxygens (including phenoxy) is 1. The van der Waals surface area contributed by atoms with Crippen LogP contribution in [0, 0.1) is 6.92 Å². The molecule has 0 aromatic carbocycles. The van der Waals surface area contributed by atoms with Crippen molar-refractivity contribution >= 4 is 10.0 Å². The van der Waals surface area contributed by atoms with Crippen LogP contribution >= 0.6 is 0 Å². The van der Waals surface area contributed by atoms with Crippen LogP contribution in [0.2, 0.25) is 0 Å². The van der Waals surface area contributed by atoms with Crippen molar-refractivity contribution in [3.8, 4) is 0 Å². The Morgan fingerprint density at radius 1 is 1.30 bits per heavy atom. The smallest absolute Gasteiger partial charge is 0.325 e. The molecule has 27 heavy (non-hydrogen) atoms. The third kappa shape index (κ3) is 4.04. The SMILES string of the molecule is Cc1[nH]c(=O)[nH]c(=O)c1S(=O)(=O)NC1CC(OC(C)(C)C)C1n1cccn1. The predicted molar refractivity (Wildman–Crippen MR) is 97.0 cm³/mol. The normalized spacial score (nSPS) is 23.2. The van der Waals surface area contributed by atoms with Gasteiger partial charge in [-0.3, -0.25) is 14.5 Å². The Morgan fingerprint density at radius 2 is 2.00 bits per heavy atom. The van der Waals surface area contributed by atoms with Crippen LogP contribution in [0.3, 0.4) is 0 Å². The Labute approximate surface area is 156 Å². The molecule has 0 bridgehead atoms. The first-order valence-corrected chi connectivity index (χ1v) is 9.99. The van der Waals surface area contributed by atoms with Crippen molar-refractivity contribution in [3.05, 3.63) is 45.0 Å². The lowest BCUT2D eigenvalue weighted by molar-refractivity contribution is -0.131. The standard InChI is InChI=1S/C16H23N5O5S/c1-9-13(14(22)19-15(23)18-9)27(24,25)20-10-8-11(26-16(2,3)4)12(10)21-7-5-6-17-21/h5-7,10-12,20H,8H2,1-4H3,(H2,18,19,22,23). The van der Waals surface area contributed by atoms with Crippen LogP contribution in [-0.4, -0.2) is 45.9 Å². The van der Waals surface area contributed by atoms with Gasteiger partial charge in [0.15, 0.2) is 4.90 Å². The fourth-order valence-corrected chi connectivity index (χ4v) is 4.77. The van der Waals surface area contributed by atoms with Gasteiger partial charge in [-0.2, -0.15) is 5.10 Å². The second-order valence-electron chi connectivity index (χ2n) is 7.57. The Kier molecular flexibility index (Phi) is 4.87. The number of aromatic amines is 2. The summed E-state index contributed by atoms with van der Waals surface area (Å²) in [5.74, 6) is 0. The van der Waals surface area contributed by atoms with Crippen molar-refractivity contribution in [2.24, 2.45) is 0 Å². The molecular weight excluding hydrogens is 374 g/mol. The van der Waals surface area contributed by atoms with E-state index < -0.39 is 37.8 Å². The minimum atomic E-state index is -4.15. The van der Waals surface area contributed by atoms with E-state index in [1.54, 1.807) is 23.1 Å².